The molecule has 27 heavy (non-hydrogen) atoms. The molecule has 6 fully saturated rings. The number of ether oxygens (including phenoxy) is 2. The molecule has 6 saturated carbocycles. The van der Waals surface area contributed by atoms with Crippen LogP contribution in [-0.4, -0.2) is 46.4 Å². The van der Waals surface area contributed by atoms with Gasteiger partial charge < -0.3 is 9.47 Å². The van der Waals surface area contributed by atoms with Crippen LogP contribution >= 0.6 is 31.9 Å². The average molecular weight is 498 g/mol. The maximum atomic E-state index is 14.0. The van der Waals surface area contributed by atoms with Crippen molar-refractivity contribution in [3.8, 4) is 0 Å². The van der Waals surface area contributed by atoms with E-state index in [-0.39, 0.29) is 35.2 Å². The third kappa shape index (κ3) is 0.746. The molecule has 10 atom stereocenters. The Bertz CT molecular complexity index is 944. The van der Waals surface area contributed by atoms with Crippen molar-refractivity contribution in [3.63, 3.8) is 0 Å². The molecule has 0 amide bonds. The first-order chi connectivity index (χ1) is 12.7. The average Bonchev–Trinajstić information content (AvgIpc) is 3.19. The molecule has 0 radical (unpaired) electrons. The Balaban J connectivity index is 1.68. The summed E-state index contributed by atoms with van der Waals surface area (Å²) in [5.41, 5.74) is -4.56. The number of carbonyl (C=O) groups is 4. The second kappa shape index (κ2) is 3.51. The number of allylic oxidation sites excluding steroid dienone is 2. The van der Waals surface area contributed by atoms with Gasteiger partial charge in [0.2, 0.25) is 0 Å². The predicted molar refractivity (Wildman–Crippen MR) is 94.8 cm³/mol. The molecule has 0 heterocycles. The zero-order valence-electron chi connectivity index (χ0n) is 14.4. The van der Waals surface area contributed by atoms with Gasteiger partial charge in [-0.15, -0.1) is 0 Å². The summed E-state index contributed by atoms with van der Waals surface area (Å²) in [6.07, 6.45) is 4.80. The van der Waals surface area contributed by atoms with E-state index in [1.165, 1.54) is 14.2 Å². The number of hydrogen-bond acceptors (Lipinski definition) is 6. The first-order valence-electron chi connectivity index (χ1n) is 9.05. The van der Waals surface area contributed by atoms with E-state index in [1.54, 1.807) is 0 Å². The number of methoxy groups -OCH3 is 2. The van der Waals surface area contributed by atoms with Crippen molar-refractivity contribution in [1.29, 1.82) is 0 Å². The van der Waals surface area contributed by atoms with Crippen LogP contribution in [0.1, 0.15) is 6.42 Å². The van der Waals surface area contributed by atoms with E-state index in [1.807, 2.05) is 12.2 Å². The fourth-order valence-electron chi connectivity index (χ4n) is 9.84. The Morgan fingerprint density at radius 2 is 1.26 bits per heavy atom. The highest BCUT2D eigenvalue weighted by Crippen LogP contribution is 3.11. The zero-order chi connectivity index (χ0) is 19.2. The van der Waals surface area contributed by atoms with Gasteiger partial charge in [-0.2, -0.15) is 0 Å². The van der Waals surface area contributed by atoms with Crippen molar-refractivity contribution in [2.75, 3.05) is 14.2 Å². The van der Waals surface area contributed by atoms with E-state index in [9.17, 15) is 19.2 Å². The monoisotopic (exact) mass is 496 g/mol. The second-order valence-electron chi connectivity index (χ2n) is 9.10. The van der Waals surface area contributed by atoms with Gasteiger partial charge in [0.25, 0.3) is 0 Å². The summed E-state index contributed by atoms with van der Waals surface area (Å²) in [6, 6.07) is 0. The number of ketones is 2. The molecule has 0 saturated heterocycles. The van der Waals surface area contributed by atoms with Gasteiger partial charge in [-0.25, -0.2) is 0 Å². The standard InChI is InChI=1S/C19H14Br2O6/c1-26-12(24)16-8-9-15-7-4-3-6(5-7)14(8,15)10(22)18(16,20)19(21,11(15)23)17(9,16)13(25)27-2/h3-4,6-9H,5H2,1-2H3/t6-,7+,8-,9-,14-,15-,16+,17-,18+,19+/m0/s1. The fraction of sp³-hybridized carbons (Fsp3) is 0.684. The molecule has 2 spiro atoms. The van der Waals surface area contributed by atoms with Crippen molar-refractivity contribution in [1.82, 2.24) is 0 Å². The van der Waals surface area contributed by atoms with Crippen LogP contribution in [0.15, 0.2) is 12.2 Å². The van der Waals surface area contributed by atoms with Gasteiger partial charge in [-0.3, -0.25) is 19.2 Å². The molecular weight excluding hydrogens is 484 g/mol. The maximum absolute atomic E-state index is 14.0. The van der Waals surface area contributed by atoms with Gasteiger partial charge in [0.15, 0.2) is 11.6 Å². The Hall–Kier alpha value is -1.02. The summed E-state index contributed by atoms with van der Waals surface area (Å²) in [7, 11) is 2.53. The molecule has 0 aromatic rings. The molecule has 7 aliphatic rings. The second-order valence-corrected chi connectivity index (χ2v) is 11.5. The van der Waals surface area contributed by atoms with E-state index in [2.05, 4.69) is 31.9 Å². The molecule has 0 aromatic heterocycles. The van der Waals surface area contributed by atoms with Gasteiger partial charge in [0.1, 0.15) is 19.5 Å². The van der Waals surface area contributed by atoms with Crippen molar-refractivity contribution < 1.29 is 28.7 Å². The topological polar surface area (TPSA) is 86.7 Å². The SMILES string of the molecule is COC(=O)[C@]12[C@H]3[C@H]4[C@@]56C(=O)[C@](Br)([C@@]1(Br)C(=O)[C@]35[C@@H]1C=C[C@H]6C1)[C@@]42C(=O)OC. The van der Waals surface area contributed by atoms with E-state index < -0.39 is 42.2 Å². The van der Waals surface area contributed by atoms with E-state index in [0.717, 1.165) is 6.42 Å². The van der Waals surface area contributed by atoms with Crippen LogP contribution < -0.4 is 0 Å². The molecule has 7 rings (SSSR count). The molecule has 0 unspecified atom stereocenters. The van der Waals surface area contributed by atoms with E-state index in [4.69, 9.17) is 9.47 Å². The van der Waals surface area contributed by atoms with E-state index >= 15 is 0 Å². The van der Waals surface area contributed by atoms with Crippen LogP contribution in [0.4, 0.5) is 0 Å². The lowest BCUT2D eigenvalue weighted by molar-refractivity contribution is -0.352. The van der Waals surface area contributed by atoms with Crippen molar-refractivity contribution in [2.45, 2.75) is 15.1 Å². The van der Waals surface area contributed by atoms with Crippen LogP contribution in [0.25, 0.3) is 0 Å². The Morgan fingerprint density at radius 1 is 0.889 bits per heavy atom. The van der Waals surface area contributed by atoms with Crippen molar-refractivity contribution in [2.24, 2.45) is 45.3 Å². The first kappa shape index (κ1) is 15.9. The third-order valence-electron chi connectivity index (χ3n) is 9.76. The summed E-state index contributed by atoms with van der Waals surface area (Å²) < 4.78 is 7.37. The molecule has 140 valence electrons. The smallest absolute Gasteiger partial charge is 0.315 e. The fourth-order valence-corrected chi connectivity index (χ4v) is 12.9. The zero-order valence-corrected chi connectivity index (χ0v) is 17.5. The van der Waals surface area contributed by atoms with Crippen molar-refractivity contribution >= 4 is 55.4 Å². The predicted octanol–water partition coefficient (Wildman–Crippen LogP) is 1.19. The summed E-state index contributed by atoms with van der Waals surface area (Å²) >= 11 is 7.16. The van der Waals surface area contributed by atoms with E-state index in [0.29, 0.717) is 0 Å². The lowest BCUT2D eigenvalue weighted by Gasteiger charge is -2.82. The Morgan fingerprint density at radius 3 is 1.59 bits per heavy atom. The van der Waals surface area contributed by atoms with Crippen LogP contribution in [-0.2, 0) is 28.7 Å². The highest BCUT2D eigenvalue weighted by atomic mass is 79.9. The van der Waals surface area contributed by atoms with Gasteiger partial charge in [0.05, 0.1) is 25.0 Å². The molecule has 6 nitrogen and oxygen atoms in total. The molecule has 7 aliphatic carbocycles. The number of alkyl halides is 2. The molecular formula is C19H14Br2O6. The molecule has 2 bridgehead atoms. The minimum Gasteiger partial charge on any atom is -0.469 e. The summed E-state index contributed by atoms with van der Waals surface area (Å²) in [4.78, 5) is 54.4. The molecule has 0 aliphatic heterocycles. The normalized spacial score (nSPS) is 66.1. The number of hydrogen-bond donors (Lipinski definition) is 0. The quantitative estimate of drug-likeness (QED) is 0.323. The minimum atomic E-state index is -1.47. The highest BCUT2D eigenvalue weighted by Gasteiger charge is 3.23. The summed E-state index contributed by atoms with van der Waals surface area (Å²) in [5, 5.41) is 0. The van der Waals surface area contributed by atoms with Gasteiger partial charge in [-0.1, -0.05) is 44.0 Å². The molecule has 0 aromatic carbocycles. The van der Waals surface area contributed by atoms with Crippen LogP contribution in [0, 0.1) is 45.3 Å². The molecule has 0 N–H and O–H groups in total. The van der Waals surface area contributed by atoms with Crippen molar-refractivity contribution in [3.05, 3.63) is 12.2 Å². The van der Waals surface area contributed by atoms with Crippen LogP contribution in [0.5, 0.6) is 0 Å². The number of fused-ring (bicyclic) bond motifs is 3. The number of halogens is 2. The van der Waals surface area contributed by atoms with Gasteiger partial charge >= 0.3 is 11.9 Å². The van der Waals surface area contributed by atoms with Crippen LogP contribution in [0.2, 0.25) is 0 Å². The highest BCUT2D eigenvalue weighted by molar-refractivity contribution is 9.13. The van der Waals surface area contributed by atoms with Gasteiger partial charge in [0, 0.05) is 0 Å². The number of carbonyl (C=O) groups excluding carboxylic acids is 4. The first-order valence-corrected chi connectivity index (χ1v) is 10.6. The third-order valence-corrected chi connectivity index (χ3v) is 13.5. The molecule has 8 heteroatoms. The number of esters is 2. The lowest BCUT2D eigenvalue weighted by atomic mass is 9.18. The maximum Gasteiger partial charge on any atom is 0.315 e. The van der Waals surface area contributed by atoms with Gasteiger partial charge in [-0.05, 0) is 30.1 Å². The lowest BCUT2D eigenvalue weighted by Crippen LogP contribution is -2.95. The summed E-state index contributed by atoms with van der Waals surface area (Å²) in [6.45, 7) is 0. The minimum absolute atomic E-state index is 0.0607. The van der Waals surface area contributed by atoms with Crippen LogP contribution in [0.3, 0.4) is 0 Å². The summed E-state index contributed by atoms with van der Waals surface area (Å²) in [5.74, 6) is -2.24. The Labute approximate surface area is 170 Å². The Kier molecular flexibility index (Phi) is 2.06. The largest absolute Gasteiger partial charge is 0.469 e. The number of rotatable bonds is 2. The number of Topliss-reactive ketones (excluding diaryl/α,β-unsaturated/α-hetero) is 2.